The van der Waals surface area contributed by atoms with Crippen LogP contribution in [0.5, 0.6) is 5.75 Å². The van der Waals surface area contributed by atoms with Crippen LogP contribution in [0.1, 0.15) is 5.56 Å². The number of nitrogens with one attached hydrogen (secondary N) is 1. The Bertz CT molecular complexity index is 931. The molecule has 3 aromatic rings. The molecule has 0 aliphatic heterocycles. The van der Waals surface area contributed by atoms with Crippen molar-refractivity contribution in [3.63, 3.8) is 0 Å². The van der Waals surface area contributed by atoms with Crippen LogP contribution in [0.15, 0.2) is 42.5 Å². The van der Waals surface area contributed by atoms with Crippen LogP contribution in [0.4, 0.5) is 17.6 Å². The number of aryl methyl sites for hydroxylation is 1. The topological polar surface area (TPSA) is 29.9 Å². The van der Waals surface area contributed by atoms with Crippen LogP contribution < -0.4 is 4.74 Å². The normalized spacial score (nSPS) is 12.1. The maximum absolute atomic E-state index is 12.9. The van der Waals surface area contributed by atoms with Crippen molar-refractivity contribution in [2.45, 2.75) is 19.5 Å². The van der Waals surface area contributed by atoms with Crippen molar-refractivity contribution in [2.75, 3.05) is 0 Å². The van der Waals surface area contributed by atoms with Crippen molar-refractivity contribution >= 4 is 23.3 Å². The Labute approximate surface area is 139 Å². The zero-order valence-corrected chi connectivity index (χ0v) is 13.2. The second-order valence-electron chi connectivity index (χ2n) is 5.24. The molecule has 0 bridgehead atoms. The molecular formula is C16H12F4N2OS. The molecule has 2 aromatic carbocycles. The molecule has 8 heteroatoms. The largest absolute Gasteiger partial charge is 0.461 e. The van der Waals surface area contributed by atoms with Gasteiger partial charge >= 0.3 is 12.5 Å². The molecule has 0 amide bonds. The SMILES string of the molecule is Cc1ccc2[nH]c(=S)n(-c3ccc(OC(F)(F)C(F)F)cc3)c2c1. The van der Waals surface area contributed by atoms with Gasteiger partial charge in [0.05, 0.1) is 11.0 Å². The van der Waals surface area contributed by atoms with Crippen LogP contribution in [0.25, 0.3) is 16.7 Å². The third-order valence-corrected chi connectivity index (χ3v) is 3.73. The number of benzene rings is 2. The van der Waals surface area contributed by atoms with Crippen molar-refractivity contribution in [2.24, 2.45) is 0 Å². The van der Waals surface area contributed by atoms with E-state index in [1.54, 1.807) is 4.57 Å². The number of hydrogen-bond donors (Lipinski definition) is 1. The van der Waals surface area contributed by atoms with Gasteiger partial charge in [-0.15, -0.1) is 0 Å². The Kier molecular flexibility index (Phi) is 4.08. The molecule has 1 aromatic heterocycles. The highest BCUT2D eigenvalue weighted by atomic mass is 32.1. The molecule has 0 unspecified atom stereocenters. The van der Waals surface area contributed by atoms with Gasteiger partial charge in [-0.05, 0) is 61.1 Å². The number of aromatic nitrogens is 2. The summed E-state index contributed by atoms with van der Waals surface area (Å²) in [5.41, 5.74) is 3.29. The molecule has 1 heterocycles. The van der Waals surface area contributed by atoms with E-state index in [2.05, 4.69) is 9.72 Å². The summed E-state index contributed by atoms with van der Waals surface area (Å²) in [4.78, 5) is 3.05. The number of halogens is 4. The highest BCUT2D eigenvalue weighted by Gasteiger charge is 2.43. The van der Waals surface area contributed by atoms with Gasteiger partial charge in [0.1, 0.15) is 5.75 Å². The highest BCUT2D eigenvalue weighted by molar-refractivity contribution is 7.71. The van der Waals surface area contributed by atoms with Crippen LogP contribution >= 0.6 is 12.2 Å². The minimum absolute atomic E-state index is 0.355. The molecule has 0 aliphatic rings. The molecule has 126 valence electrons. The summed E-state index contributed by atoms with van der Waals surface area (Å²) >= 11 is 5.29. The molecule has 0 radical (unpaired) electrons. The molecule has 0 saturated carbocycles. The number of hydrogen-bond acceptors (Lipinski definition) is 2. The van der Waals surface area contributed by atoms with E-state index in [-0.39, 0.29) is 5.75 Å². The fraction of sp³-hybridized carbons (Fsp3) is 0.188. The summed E-state index contributed by atoms with van der Waals surface area (Å²) in [5.74, 6) is -0.355. The molecule has 24 heavy (non-hydrogen) atoms. The minimum Gasteiger partial charge on any atom is -0.428 e. The Balaban J connectivity index is 1.99. The van der Waals surface area contributed by atoms with Gasteiger partial charge in [-0.2, -0.15) is 17.6 Å². The van der Waals surface area contributed by atoms with Gasteiger partial charge in [0.15, 0.2) is 4.77 Å². The van der Waals surface area contributed by atoms with E-state index in [9.17, 15) is 17.6 Å². The number of H-pyrrole nitrogens is 1. The Morgan fingerprint density at radius 3 is 2.42 bits per heavy atom. The molecule has 1 N–H and O–H groups in total. The summed E-state index contributed by atoms with van der Waals surface area (Å²) in [5, 5.41) is 0. The first-order valence-corrected chi connectivity index (χ1v) is 7.35. The number of ether oxygens (including phenoxy) is 1. The van der Waals surface area contributed by atoms with Gasteiger partial charge in [0.2, 0.25) is 0 Å². The highest BCUT2D eigenvalue weighted by Crippen LogP contribution is 2.29. The van der Waals surface area contributed by atoms with Crippen LogP contribution in [-0.4, -0.2) is 22.1 Å². The fourth-order valence-electron chi connectivity index (χ4n) is 2.33. The summed E-state index contributed by atoms with van der Waals surface area (Å²) in [6.45, 7) is 1.93. The average molecular weight is 356 g/mol. The van der Waals surface area contributed by atoms with Crippen LogP contribution in [0, 0.1) is 11.7 Å². The predicted octanol–water partition coefficient (Wildman–Crippen LogP) is 5.23. The number of fused-ring (bicyclic) bond motifs is 1. The van der Waals surface area contributed by atoms with Gasteiger partial charge in [-0.3, -0.25) is 4.57 Å². The summed E-state index contributed by atoms with van der Waals surface area (Å²) < 4.78 is 56.4. The van der Waals surface area contributed by atoms with E-state index in [0.29, 0.717) is 10.5 Å². The summed E-state index contributed by atoms with van der Waals surface area (Å²) in [6, 6.07) is 11.1. The lowest BCUT2D eigenvalue weighted by Gasteiger charge is -2.17. The maximum Gasteiger partial charge on any atom is 0.461 e. The van der Waals surface area contributed by atoms with Crippen molar-refractivity contribution in [3.05, 3.63) is 52.8 Å². The van der Waals surface area contributed by atoms with Crippen molar-refractivity contribution in [1.29, 1.82) is 0 Å². The Morgan fingerprint density at radius 1 is 1.12 bits per heavy atom. The van der Waals surface area contributed by atoms with E-state index < -0.39 is 12.5 Å². The number of nitrogens with zero attached hydrogens (tertiary/aromatic N) is 1. The number of imidazole rings is 1. The van der Waals surface area contributed by atoms with E-state index in [1.165, 1.54) is 24.3 Å². The summed E-state index contributed by atoms with van der Waals surface area (Å²) in [6.07, 6.45) is -8.43. The van der Waals surface area contributed by atoms with Crippen LogP contribution in [0.3, 0.4) is 0 Å². The molecule has 3 rings (SSSR count). The lowest BCUT2D eigenvalue weighted by Crippen LogP contribution is -2.33. The quantitative estimate of drug-likeness (QED) is 0.512. The third-order valence-electron chi connectivity index (χ3n) is 3.44. The van der Waals surface area contributed by atoms with Crippen LogP contribution in [0.2, 0.25) is 0 Å². The molecule has 0 saturated heterocycles. The van der Waals surface area contributed by atoms with E-state index in [4.69, 9.17) is 12.2 Å². The minimum atomic E-state index is -4.53. The monoisotopic (exact) mass is 356 g/mol. The lowest BCUT2D eigenvalue weighted by atomic mass is 10.2. The third kappa shape index (κ3) is 3.01. The Hall–Kier alpha value is -2.35. The molecule has 0 fully saturated rings. The van der Waals surface area contributed by atoms with Gasteiger partial charge in [0.25, 0.3) is 0 Å². The van der Waals surface area contributed by atoms with Gasteiger partial charge in [-0.25, -0.2) is 0 Å². The summed E-state index contributed by atoms with van der Waals surface area (Å²) in [7, 11) is 0. The maximum atomic E-state index is 12.9. The average Bonchev–Trinajstić information content (AvgIpc) is 2.83. The molecule has 0 spiro atoms. The van der Waals surface area contributed by atoms with E-state index in [0.717, 1.165) is 16.6 Å². The first-order valence-electron chi connectivity index (χ1n) is 6.95. The van der Waals surface area contributed by atoms with Crippen molar-refractivity contribution in [3.8, 4) is 11.4 Å². The first-order chi connectivity index (χ1) is 11.3. The Morgan fingerprint density at radius 2 is 1.79 bits per heavy atom. The zero-order valence-electron chi connectivity index (χ0n) is 12.4. The number of rotatable bonds is 4. The van der Waals surface area contributed by atoms with E-state index >= 15 is 0 Å². The van der Waals surface area contributed by atoms with Gasteiger partial charge in [0, 0.05) is 5.69 Å². The number of alkyl halides is 4. The molecule has 0 aliphatic carbocycles. The molecule has 3 nitrogen and oxygen atoms in total. The molecule has 0 atom stereocenters. The fourth-order valence-corrected chi connectivity index (χ4v) is 2.65. The zero-order chi connectivity index (χ0) is 17.5. The van der Waals surface area contributed by atoms with Crippen LogP contribution in [-0.2, 0) is 0 Å². The van der Waals surface area contributed by atoms with Crippen molar-refractivity contribution in [1.82, 2.24) is 9.55 Å². The second kappa shape index (κ2) is 5.94. The van der Waals surface area contributed by atoms with Gasteiger partial charge < -0.3 is 9.72 Å². The van der Waals surface area contributed by atoms with E-state index in [1.807, 2.05) is 25.1 Å². The van der Waals surface area contributed by atoms with Crippen molar-refractivity contribution < 1.29 is 22.3 Å². The molecular weight excluding hydrogens is 344 g/mol. The second-order valence-corrected chi connectivity index (χ2v) is 5.63. The standard InChI is InChI=1S/C16H12F4N2OS/c1-9-2-7-12-13(8-9)22(15(24)21-12)10-3-5-11(6-4-10)23-16(19,20)14(17)18/h2-8,14H,1H3,(H,21,24). The predicted molar refractivity (Wildman–Crippen MR) is 84.8 cm³/mol. The van der Waals surface area contributed by atoms with Gasteiger partial charge in [-0.1, -0.05) is 6.07 Å². The number of aromatic amines is 1. The first kappa shape index (κ1) is 16.5. The lowest BCUT2D eigenvalue weighted by molar-refractivity contribution is -0.253. The smallest absolute Gasteiger partial charge is 0.428 e.